The molecule has 0 radical (unpaired) electrons. The van der Waals surface area contributed by atoms with Crippen LogP contribution in [-0.4, -0.2) is 20.6 Å². The molecule has 0 aliphatic heterocycles. The number of nitrogens with two attached hydrogens (primary N) is 1. The van der Waals surface area contributed by atoms with E-state index < -0.39 is 5.91 Å². The van der Waals surface area contributed by atoms with Crippen molar-refractivity contribution in [2.24, 2.45) is 12.8 Å². The summed E-state index contributed by atoms with van der Waals surface area (Å²) in [6.07, 6.45) is 1.57. The number of carbonyl (C=O) groups excluding carboxylic acids is 1. The molecule has 0 unspecified atom stereocenters. The molecule has 0 fully saturated rings. The number of hydrogen-bond acceptors (Lipinski definition) is 4. The van der Waals surface area contributed by atoms with Crippen molar-refractivity contribution < 1.29 is 14.3 Å². The van der Waals surface area contributed by atoms with Gasteiger partial charge in [0.2, 0.25) is 5.91 Å². The van der Waals surface area contributed by atoms with Gasteiger partial charge in [-0.05, 0) is 23.8 Å². The molecule has 0 aliphatic rings. The molecule has 0 saturated carbocycles. The molecule has 1 heterocycles. The van der Waals surface area contributed by atoms with Gasteiger partial charge in [-0.15, -0.1) is 0 Å². The first-order valence-corrected chi connectivity index (χ1v) is 6.84. The Morgan fingerprint density at radius 3 is 2.90 bits per heavy atom. The van der Waals surface area contributed by atoms with E-state index in [1.54, 1.807) is 17.8 Å². The topological polar surface area (TPSA) is 81.1 Å². The zero-order valence-corrected chi connectivity index (χ0v) is 11.7. The Kier molecular flexibility index (Phi) is 4.41. The van der Waals surface area contributed by atoms with Gasteiger partial charge in [-0.25, -0.2) is 9.37 Å². The number of aliphatic hydroxyl groups is 1. The molecule has 2 aromatic rings. The first-order chi connectivity index (χ1) is 9.52. The van der Waals surface area contributed by atoms with Gasteiger partial charge in [0.05, 0.1) is 18.5 Å². The van der Waals surface area contributed by atoms with Crippen LogP contribution in [0.3, 0.4) is 0 Å². The fraction of sp³-hybridized carbons (Fsp3) is 0.231. The predicted octanol–water partition coefficient (Wildman–Crippen LogP) is 1.44. The lowest BCUT2D eigenvalue weighted by molar-refractivity contribution is 0.1000. The maximum Gasteiger partial charge on any atom is 0.248 e. The quantitative estimate of drug-likeness (QED) is 0.818. The molecule has 20 heavy (non-hydrogen) atoms. The lowest BCUT2D eigenvalue weighted by Crippen LogP contribution is -2.11. The van der Waals surface area contributed by atoms with Crippen molar-refractivity contribution in [3.8, 4) is 0 Å². The molecule has 1 aromatic heterocycles. The number of carbonyl (C=O) groups is 1. The average molecular weight is 295 g/mol. The summed E-state index contributed by atoms with van der Waals surface area (Å²) >= 11 is 1.32. The van der Waals surface area contributed by atoms with Gasteiger partial charge in [0.15, 0.2) is 5.16 Å². The number of halogens is 1. The summed E-state index contributed by atoms with van der Waals surface area (Å²) in [5, 5.41) is 9.74. The molecular weight excluding hydrogens is 281 g/mol. The van der Waals surface area contributed by atoms with Crippen LogP contribution < -0.4 is 5.73 Å². The summed E-state index contributed by atoms with van der Waals surface area (Å²) < 4.78 is 15.4. The fourth-order valence-corrected chi connectivity index (χ4v) is 2.63. The fourth-order valence-electron chi connectivity index (χ4n) is 1.69. The Morgan fingerprint density at radius 2 is 2.30 bits per heavy atom. The Morgan fingerprint density at radius 1 is 1.55 bits per heavy atom. The van der Waals surface area contributed by atoms with E-state index in [0.717, 1.165) is 0 Å². The van der Waals surface area contributed by atoms with E-state index in [2.05, 4.69) is 4.98 Å². The van der Waals surface area contributed by atoms with Crippen LogP contribution in [0.15, 0.2) is 29.6 Å². The van der Waals surface area contributed by atoms with Gasteiger partial charge in [-0.2, -0.15) is 0 Å². The number of aliphatic hydroxyl groups excluding tert-OH is 1. The van der Waals surface area contributed by atoms with E-state index in [1.807, 2.05) is 0 Å². The van der Waals surface area contributed by atoms with E-state index in [1.165, 1.54) is 30.0 Å². The zero-order chi connectivity index (χ0) is 14.7. The Hall–Kier alpha value is -1.86. The third kappa shape index (κ3) is 3.00. The highest BCUT2D eigenvalue weighted by molar-refractivity contribution is 7.98. The number of nitrogens with zero attached hydrogens (tertiary/aromatic N) is 2. The Balaban J connectivity index is 2.16. The monoisotopic (exact) mass is 295 g/mol. The predicted molar refractivity (Wildman–Crippen MR) is 73.6 cm³/mol. The second-order valence-electron chi connectivity index (χ2n) is 4.21. The van der Waals surface area contributed by atoms with Gasteiger partial charge in [0, 0.05) is 18.4 Å². The maximum atomic E-state index is 13.7. The van der Waals surface area contributed by atoms with Crippen molar-refractivity contribution in [1.29, 1.82) is 0 Å². The number of amides is 1. The van der Waals surface area contributed by atoms with E-state index in [-0.39, 0.29) is 18.0 Å². The largest absolute Gasteiger partial charge is 0.390 e. The van der Waals surface area contributed by atoms with Crippen LogP contribution in [0.2, 0.25) is 0 Å². The van der Waals surface area contributed by atoms with E-state index >= 15 is 0 Å². The molecule has 2 rings (SSSR count). The molecule has 106 valence electrons. The van der Waals surface area contributed by atoms with Crippen molar-refractivity contribution in [3.63, 3.8) is 0 Å². The summed E-state index contributed by atoms with van der Waals surface area (Å²) in [6, 6.07) is 4.03. The van der Waals surface area contributed by atoms with Gasteiger partial charge in [0.1, 0.15) is 5.82 Å². The second-order valence-corrected chi connectivity index (χ2v) is 5.15. The van der Waals surface area contributed by atoms with E-state index in [4.69, 9.17) is 10.8 Å². The van der Waals surface area contributed by atoms with Gasteiger partial charge < -0.3 is 15.4 Å². The number of imidazole rings is 1. The Bertz CT molecular complexity index is 643. The van der Waals surface area contributed by atoms with Crippen molar-refractivity contribution in [1.82, 2.24) is 9.55 Å². The van der Waals surface area contributed by atoms with Crippen molar-refractivity contribution in [2.45, 2.75) is 17.5 Å². The first kappa shape index (κ1) is 14.5. The summed E-state index contributed by atoms with van der Waals surface area (Å²) in [4.78, 5) is 15.2. The zero-order valence-electron chi connectivity index (χ0n) is 10.8. The summed E-state index contributed by atoms with van der Waals surface area (Å²) in [6.45, 7) is -0.102. The van der Waals surface area contributed by atoms with Crippen LogP contribution in [0.25, 0.3) is 0 Å². The van der Waals surface area contributed by atoms with Gasteiger partial charge in [-0.1, -0.05) is 11.8 Å². The minimum atomic E-state index is -0.587. The standard InChI is InChI=1S/C13H14FN3O2S/c1-17-10(6-18)5-16-13(17)20-7-9-4-8(12(15)19)2-3-11(9)14/h2-5,18H,6-7H2,1H3,(H2,15,19). The molecule has 3 N–H and O–H groups in total. The van der Waals surface area contributed by atoms with Gasteiger partial charge in [0.25, 0.3) is 0 Å². The summed E-state index contributed by atoms with van der Waals surface area (Å²) in [5.41, 5.74) is 6.52. The minimum absolute atomic E-state index is 0.102. The molecule has 7 heteroatoms. The number of primary amides is 1. The molecule has 0 saturated heterocycles. The molecule has 0 atom stereocenters. The number of thioether (sulfide) groups is 1. The van der Waals surface area contributed by atoms with Crippen molar-refractivity contribution in [2.75, 3.05) is 0 Å². The molecular formula is C13H14FN3O2S. The van der Waals surface area contributed by atoms with Crippen molar-refractivity contribution >= 4 is 17.7 Å². The van der Waals surface area contributed by atoms with Crippen LogP contribution in [0, 0.1) is 5.82 Å². The number of aromatic nitrogens is 2. The van der Waals surface area contributed by atoms with Crippen molar-refractivity contribution in [3.05, 3.63) is 47.0 Å². The molecule has 5 nitrogen and oxygen atoms in total. The second kappa shape index (κ2) is 6.06. The number of rotatable bonds is 5. The highest BCUT2D eigenvalue weighted by atomic mass is 32.2. The lowest BCUT2D eigenvalue weighted by atomic mass is 10.1. The minimum Gasteiger partial charge on any atom is -0.390 e. The average Bonchev–Trinajstić information content (AvgIpc) is 2.78. The van der Waals surface area contributed by atoms with Crippen LogP contribution in [0.1, 0.15) is 21.6 Å². The first-order valence-electron chi connectivity index (χ1n) is 5.85. The SMILES string of the molecule is Cn1c(CO)cnc1SCc1cc(C(N)=O)ccc1F. The highest BCUT2D eigenvalue weighted by Gasteiger charge is 2.10. The molecule has 0 spiro atoms. The normalized spacial score (nSPS) is 10.8. The third-order valence-electron chi connectivity index (χ3n) is 2.89. The lowest BCUT2D eigenvalue weighted by Gasteiger charge is -2.06. The number of hydrogen-bond donors (Lipinski definition) is 2. The third-order valence-corrected chi connectivity index (χ3v) is 3.98. The molecule has 1 amide bonds. The molecule has 0 aliphatic carbocycles. The van der Waals surface area contributed by atoms with E-state index in [0.29, 0.717) is 22.2 Å². The summed E-state index contributed by atoms with van der Waals surface area (Å²) in [5.74, 6) is -0.655. The van der Waals surface area contributed by atoms with Gasteiger partial charge in [-0.3, -0.25) is 4.79 Å². The maximum absolute atomic E-state index is 13.7. The van der Waals surface area contributed by atoms with Gasteiger partial charge >= 0.3 is 0 Å². The molecule has 1 aromatic carbocycles. The number of benzene rings is 1. The molecule has 0 bridgehead atoms. The highest BCUT2D eigenvalue weighted by Crippen LogP contribution is 2.24. The van der Waals surface area contributed by atoms with Crippen LogP contribution in [0.5, 0.6) is 0 Å². The smallest absolute Gasteiger partial charge is 0.248 e. The Labute approximate surface area is 119 Å². The van der Waals surface area contributed by atoms with Crippen LogP contribution in [-0.2, 0) is 19.4 Å². The van der Waals surface area contributed by atoms with Crippen LogP contribution in [0.4, 0.5) is 4.39 Å². The summed E-state index contributed by atoms with van der Waals surface area (Å²) in [7, 11) is 1.77. The van der Waals surface area contributed by atoms with E-state index in [9.17, 15) is 9.18 Å². The van der Waals surface area contributed by atoms with Crippen LogP contribution >= 0.6 is 11.8 Å².